The van der Waals surface area contributed by atoms with E-state index in [1.165, 1.54) is 0 Å². The Kier molecular flexibility index (Phi) is 5.04. The van der Waals surface area contributed by atoms with Crippen molar-refractivity contribution in [3.63, 3.8) is 0 Å². The third-order valence-electron chi connectivity index (χ3n) is 3.20. The summed E-state index contributed by atoms with van der Waals surface area (Å²) >= 11 is 1.75. The molecule has 0 radical (unpaired) electrons. The number of fused-ring (bicyclic) bond motifs is 1. The summed E-state index contributed by atoms with van der Waals surface area (Å²) in [6, 6.07) is 5.09. The monoisotopic (exact) mass is 282 g/mol. The number of nitro groups is 1. The first kappa shape index (κ1) is 14.1. The molecule has 0 spiro atoms. The number of rotatable bonds is 6. The Morgan fingerprint density at radius 2 is 2.21 bits per heavy atom. The average molecular weight is 282 g/mol. The number of hydrogen-bond acceptors (Lipinski definition) is 5. The van der Waals surface area contributed by atoms with Gasteiger partial charge in [-0.2, -0.15) is 0 Å². The first-order valence-corrected chi connectivity index (χ1v) is 7.48. The summed E-state index contributed by atoms with van der Waals surface area (Å²) in [5, 5.41) is 19.6. The zero-order valence-corrected chi connectivity index (χ0v) is 11.6. The van der Waals surface area contributed by atoms with Crippen LogP contribution in [0.1, 0.15) is 19.3 Å². The standard InChI is InChI=1S/C13H18N2O3S/c16-8-3-1-2-6-14-7-9-19-13-5-4-11(15(17)18)10-12(13)14/h4-5,10,16H,1-3,6-9H2. The van der Waals surface area contributed by atoms with Gasteiger partial charge in [0.1, 0.15) is 0 Å². The summed E-state index contributed by atoms with van der Waals surface area (Å²) in [7, 11) is 0. The zero-order valence-electron chi connectivity index (χ0n) is 10.7. The van der Waals surface area contributed by atoms with Crippen LogP contribution in [0, 0.1) is 10.1 Å². The topological polar surface area (TPSA) is 66.6 Å². The molecule has 19 heavy (non-hydrogen) atoms. The Labute approximate surface area is 116 Å². The van der Waals surface area contributed by atoms with Gasteiger partial charge in [0.05, 0.1) is 10.6 Å². The van der Waals surface area contributed by atoms with Crippen molar-refractivity contribution in [1.29, 1.82) is 0 Å². The van der Waals surface area contributed by atoms with E-state index in [4.69, 9.17) is 5.11 Å². The zero-order chi connectivity index (χ0) is 13.7. The molecule has 1 heterocycles. The number of aliphatic hydroxyl groups excluding tert-OH is 1. The van der Waals surface area contributed by atoms with Crippen molar-refractivity contribution in [2.75, 3.05) is 30.3 Å². The molecule has 0 saturated heterocycles. The summed E-state index contributed by atoms with van der Waals surface area (Å²) in [6.45, 7) is 2.06. The molecule has 0 unspecified atom stereocenters. The molecule has 0 saturated carbocycles. The van der Waals surface area contributed by atoms with Gasteiger partial charge in [0.2, 0.25) is 0 Å². The number of thioether (sulfide) groups is 1. The van der Waals surface area contributed by atoms with Crippen LogP contribution in [0.4, 0.5) is 11.4 Å². The van der Waals surface area contributed by atoms with E-state index in [1.807, 2.05) is 6.07 Å². The van der Waals surface area contributed by atoms with E-state index in [-0.39, 0.29) is 17.2 Å². The minimum absolute atomic E-state index is 0.154. The van der Waals surface area contributed by atoms with E-state index in [0.29, 0.717) is 0 Å². The molecule has 1 aliphatic heterocycles. The highest BCUT2D eigenvalue weighted by Gasteiger charge is 2.20. The fourth-order valence-corrected chi connectivity index (χ4v) is 3.23. The molecular formula is C13H18N2O3S. The second kappa shape index (κ2) is 6.77. The van der Waals surface area contributed by atoms with Crippen molar-refractivity contribution in [3.05, 3.63) is 28.3 Å². The van der Waals surface area contributed by atoms with Gasteiger partial charge in [0, 0.05) is 42.5 Å². The Morgan fingerprint density at radius 3 is 2.95 bits per heavy atom. The molecule has 6 heteroatoms. The van der Waals surface area contributed by atoms with Gasteiger partial charge in [-0.05, 0) is 25.3 Å². The molecule has 0 aromatic heterocycles. The number of anilines is 1. The number of nitro benzene ring substituents is 1. The maximum Gasteiger partial charge on any atom is 0.271 e. The van der Waals surface area contributed by atoms with E-state index < -0.39 is 0 Å². The largest absolute Gasteiger partial charge is 0.396 e. The molecule has 1 aromatic rings. The van der Waals surface area contributed by atoms with Crippen molar-refractivity contribution >= 4 is 23.1 Å². The van der Waals surface area contributed by atoms with Crippen LogP contribution < -0.4 is 4.90 Å². The fraction of sp³-hybridized carbons (Fsp3) is 0.538. The Hall–Kier alpha value is -1.27. The molecule has 0 aliphatic carbocycles. The van der Waals surface area contributed by atoms with Gasteiger partial charge in [-0.1, -0.05) is 0 Å². The lowest BCUT2D eigenvalue weighted by molar-refractivity contribution is -0.384. The molecule has 5 nitrogen and oxygen atoms in total. The number of unbranched alkanes of at least 4 members (excludes halogenated alkanes) is 2. The molecule has 0 fully saturated rings. The van der Waals surface area contributed by atoms with Crippen LogP contribution in [0.15, 0.2) is 23.1 Å². The van der Waals surface area contributed by atoms with Crippen LogP contribution >= 0.6 is 11.8 Å². The van der Waals surface area contributed by atoms with E-state index in [0.717, 1.165) is 48.7 Å². The fourth-order valence-electron chi connectivity index (χ4n) is 2.20. The lowest BCUT2D eigenvalue weighted by atomic mass is 10.2. The van der Waals surface area contributed by atoms with Crippen LogP contribution in [0.5, 0.6) is 0 Å². The van der Waals surface area contributed by atoms with Crippen LogP contribution in [0.2, 0.25) is 0 Å². The minimum Gasteiger partial charge on any atom is -0.396 e. The smallest absolute Gasteiger partial charge is 0.271 e. The predicted molar refractivity (Wildman–Crippen MR) is 77.0 cm³/mol. The second-order valence-corrected chi connectivity index (χ2v) is 5.67. The Balaban J connectivity index is 2.08. The Morgan fingerprint density at radius 1 is 1.37 bits per heavy atom. The molecule has 1 aliphatic rings. The number of benzene rings is 1. The first-order valence-electron chi connectivity index (χ1n) is 6.49. The minimum atomic E-state index is -0.344. The van der Waals surface area contributed by atoms with Crippen LogP contribution in [-0.2, 0) is 0 Å². The highest BCUT2D eigenvalue weighted by atomic mass is 32.2. The van der Waals surface area contributed by atoms with Crippen LogP contribution in [0.25, 0.3) is 0 Å². The van der Waals surface area contributed by atoms with Gasteiger partial charge in [-0.15, -0.1) is 11.8 Å². The van der Waals surface area contributed by atoms with Gasteiger partial charge in [0.15, 0.2) is 0 Å². The predicted octanol–water partition coefficient (Wildman–Crippen LogP) is 2.67. The normalized spacial score (nSPS) is 14.3. The molecule has 0 amide bonds. The van der Waals surface area contributed by atoms with E-state index in [1.54, 1.807) is 23.9 Å². The molecular weight excluding hydrogens is 264 g/mol. The van der Waals surface area contributed by atoms with Gasteiger partial charge in [-0.3, -0.25) is 10.1 Å². The highest BCUT2D eigenvalue weighted by Crippen LogP contribution is 2.37. The van der Waals surface area contributed by atoms with Crippen LogP contribution in [0.3, 0.4) is 0 Å². The summed E-state index contributed by atoms with van der Waals surface area (Å²) < 4.78 is 0. The summed E-state index contributed by atoms with van der Waals surface area (Å²) in [6.07, 6.45) is 2.82. The van der Waals surface area contributed by atoms with Gasteiger partial charge in [-0.25, -0.2) is 0 Å². The summed E-state index contributed by atoms with van der Waals surface area (Å²) in [5.74, 6) is 1.02. The number of hydrogen-bond donors (Lipinski definition) is 1. The van der Waals surface area contributed by atoms with Crippen molar-refractivity contribution < 1.29 is 10.0 Å². The molecule has 0 bridgehead atoms. The number of nitrogens with zero attached hydrogens (tertiary/aromatic N) is 2. The van der Waals surface area contributed by atoms with Gasteiger partial charge >= 0.3 is 0 Å². The molecule has 0 atom stereocenters. The maximum atomic E-state index is 10.8. The van der Waals surface area contributed by atoms with Gasteiger partial charge < -0.3 is 10.0 Å². The third kappa shape index (κ3) is 3.61. The van der Waals surface area contributed by atoms with Crippen molar-refractivity contribution in [3.8, 4) is 0 Å². The Bertz CT molecular complexity index is 454. The molecule has 104 valence electrons. The SMILES string of the molecule is O=[N+]([O-])c1ccc2c(c1)N(CCCCCO)CCS2. The second-order valence-electron chi connectivity index (χ2n) is 4.53. The summed E-state index contributed by atoms with van der Waals surface area (Å²) in [5.41, 5.74) is 1.14. The quantitative estimate of drug-likeness (QED) is 0.493. The van der Waals surface area contributed by atoms with E-state index >= 15 is 0 Å². The van der Waals surface area contributed by atoms with Crippen molar-refractivity contribution in [1.82, 2.24) is 0 Å². The number of non-ortho nitro benzene ring substituents is 1. The average Bonchev–Trinajstić information content (AvgIpc) is 2.43. The van der Waals surface area contributed by atoms with E-state index in [9.17, 15) is 10.1 Å². The van der Waals surface area contributed by atoms with E-state index in [2.05, 4.69) is 4.90 Å². The number of aliphatic hydroxyl groups is 1. The molecule has 1 aromatic carbocycles. The lowest BCUT2D eigenvalue weighted by Gasteiger charge is -2.30. The maximum absolute atomic E-state index is 10.8. The van der Waals surface area contributed by atoms with Crippen LogP contribution in [-0.4, -0.2) is 35.5 Å². The molecule has 2 rings (SSSR count). The third-order valence-corrected chi connectivity index (χ3v) is 4.24. The first-order chi connectivity index (χ1) is 9.22. The van der Waals surface area contributed by atoms with Crippen molar-refractivity contribution in [2.24, 2.45) is 0 Å². The highest BCUT2D eigenvalue weighted by molar-refractivity contribution is 7.99. The van der Waals surface area contributed by atoms with Crippen molar-refractivity contribution in [2.45, 2.75) is 24.2 Å². The molecule has 1 N–H and O–H groups in total. The summed E-state index contributed by atoms with van der Waals surface area (Å²) in [4.78, 5) is 13.8. The lowest BCUT2D eigenvalue weighted by Crippen LogP contribution is -2.30. The van der Waals surface area contributed by atoms with Gasteiger partial charge in [0.25, 0.3) is 5.69 Å².